The Morgan fingerprint density at radius 2 is 2.00 bits per heavy atom. The van der Waals surface area contributed by atoms with Gasteiger partial charge >= 0.3 is 0 Å². The van der Waals surface area contributed by atoms with Gasteiger partial charge in [-0.3, -0.25) is 0 Å². The third kappa shape index (κ3) is 4.12. The highest BCUT2D eigenvalue weighted by molar-refractivity contribution is 7.90. The summed E-state index contributed by atoms with van der Waals surface area (Å²) in [5.74, 6) is -0.337. The van der Waals surface area contributed by atoms with Crippen molar-refractivity contribution in [3.63, 3.8) is 0 Å². The Kier molecular flexibility index (Phi) is 4.34. The summed E-state index contributed by atoms with van der Waals surface area (Å²) >= 11 is 1.37. The molecule has 0 aliphatic heterocycles. The van der Waals surface area contributed by atoms with Crippen LogP contribution in [0.3, 0.4) is 0 Å². The molecule has 0 aliphatic carbocycles. The number of aliphatic hydroxyl groups excluding tert-OH is 1. The summed E-state index contributed by atoms with van der Waals surface area (Å²) in [6.45, 7) is 1.83. The summed E-state index contributed by atoms with van der Waals surface area (Å²) in [7, 11) is -3.35. The molecule has 2 rings (SSSR count). The van der Waals surface area contributed by atoms with E-state index in [1.54, 1.807) is 30.5 Å². The van der Waals surface area contributed by atoms with E-state index in [2.05, 4.69) is 4.98 Å². The first-order valence-corrected chi connectivity index (χ1v) is 8.45. The lowest BCUT2D eigenvalue weighted by atomic mass is 10.1. The smallest absolute Gasteiger partial charge is 0.158 e. The molecule has 0 spiro atoms. The van der Waals surface area contributed by atoms with Gasteiger partial charge in [-0.05, 0) is 12.5 Å². The Hall–Kier alpha value is -1.24. The molecule has 6 heteroatoms. The molecule has 1 atom stereocenters. The van der Waals surface area contributed by atoms with Gasteiger partial charge in [-0.25, -0.2) is 13.4 Å². The predicted octanol–water partition coefficient (Wildman–Crippen LogP) is 2.10. The minimum atomic E-state index is -3.35. The summed E-state index contributed by atoms with van der Waals surface area (Å²) in [6, 6.07) is 8.81. The summed E-state index contributed by atoms with van der Waals surface area (Å²) in [6.07, 6.45) is 0.590. The second-order valence-electron chi connectivity index (χ2n) is 4.33. The van der Waals surface area contributed by atoms with Crippen molar-refractivity contribution < 1.29 is 13.5 Å². The third-order valence-electron chi connectivity index (χ3n) is 2.63. The van der Waals surface area contributed by atoms with Gasteiger partial charge in [-0.15, -0.1) is 11.3 Å². The van der Waals surface area contributed by atoms with Crippen molar-refractivity contribution >= 4 is 21.2 Å². The lowest BCUT2D eigenvalue weighted by Crippen LogP contribution is -2.15. The van der Waals surface area contributed by atoms with E-state index >= 15 is 0 Å². The van der Waals surface area contributed by atoms with Crippen molar-refractivity contribution in [3.8, 4) is 0 Å². The minimum Gasteiger partial charge on any atom is -0.387 e. The number of thiazole rings is 1. The molecule has 0 unspecified atom stereocenters. The average molecular weight is 297 g/mol. The number of aliphatic hydroxyl groups is 1. The lowest BCUT2D eigenvalue weighted by Gasteiger charge is -2.10. The minimum absolute atomic E-state index is 0.0671. The number of benzene rings is 1. The molecular weight excluding hydrogens is 282 g/mol. The zero-order valence-corrected chi connectivity index (χ0v) is 12.1. The van der Waals surface area contributed by atoms with E-state index in [1.165, 1.54) is 11.3 Å². The van der Waals surface area contributed by atoms with E-state index in [0.717, 1.165) is 5.01 Å². The highest BCUT2D eigenvalue weighted by Crippen LogP contribution is 2.19. The van der Waals surface area contributed by atoms with E-state index in [0.29, 0.717) is 10.4 Å². The zero-order chi connectivity index (χ0) is 13.9. The van der Waals surface area contributed by atoms with Crippen LogP contribution in [0.25, 0.3) is 0 Å². The van der Waals surface area contributed by atoms with Gasteiger partial charge in [0.15, 0.2) is 9.84 Å². The molecule has 4 nitrogen and oxygen atoms in total. The van der Waals surface area contributed by atoms with Gasteiger partial charge in [0.05, 0.1) is 22.6 Å². The lowest BCUT2D eigenvalue weighted by molar-refractivity contribution is 0.201. The quantitative estimate of drug-likeness (QED) is 0.917. The van der Waals surface area contributed by atoms with Crippen LogP contribution in [-0.4, -0.2) is 24.3 Å². The second kappa shape index (κ2) is 5.81. The summed E-state index contributed by atoms with van der Waals surface area (Å²) in [5, 5.41) is 10.8. The van der Waals surface area contributed by atoms with Gasteiger partial charge in [0.25, 0.3) is 0 Å². The van der Waals surface area contributed by atoms with Crippen LogP contribution < -0.4 is 0 Å². The molecule has 1 aromatic carbocycles. The van der Waals surface area contributed by atoms with Crippen LogP contribution >= 0.6 is 11.3 Å². The van der Waals surface area contributed by atoms with Crippen LogP contribution in [0.1, 0.15) is 21.6 Å². The zero-order valence-electron chi connectivity index (χ0n) is 10.5. The average Bonchev–Trinajstić information content (AvgIpc) is 2.74. The van der Waals surface area contributed by atoms with Crippen LogP contribution in [-0.2, 0) is 15.6 Å². The van der Waals surface area contributed by atoms with Gasteiger partial charge in [-0.2, -0.15) is 0 Å². The Balaban J connectivity index is 2.05. The molecule has 1 heterocycles. The Morgan fingerprint density at radius 1 is 1.32 bits per heavy atom. The number of aryl methyl sites for hydroxylation is 1. The molecule has 0 saturated carbocycles. The molecule has 0 fully saturated rings. The van der Waals surface area contributed by atoms with E-state index in [4.69, 9.17) is 0 Å². The van der Waals surface area contributed by atoms with E-state index in [-0.39, 0.29) is 11.5 Å². The standard InChI is InChI=1S/C13H15NO3S2/c1-10-14-7-12(18-10)8-19(16,17)9-13(15)11-5-3-2-4-6-11/h2-7,13,15H,8-9H2,1H3/t13-/m0/s1. The predicted molar refractivity (Wildman–Crippen MR) is 75.7 cm³/mol. The van der Waals surface area contributed by atoms with E-state index in [9.17, 15) is 13.5 Å². The van der Waals surface area contributed by atoms with E-state index in [1.807, 2.05) is 13.0 Å². The number of sulfone groups is 1. The fraction of sp³-hybridized carbons (Fsp3) is 0.308. The van der Waals surface area contributed by atoms with Gasteiger partial charge in [0, 0.05) is 11.1 Å². The van der Waals surface area contributed by atoms with Crippen LogP contribution in [0, 0.1) is 6.92 Å². The number of hydrogen-bond donors (Lipinski definition) is 1. The number of aromatic nitrogens is 1. The highest BCUT2D eigenvalue weighted by atomic mass is 32.2. The second-order valence-corrected chi connectivity index (χ2v) is 7.76. The maximum absolute atomic E-state index is 12.0. The number of nitrogens with zero attached hydrogens (tertiary/aromatic N) is 1. The van der Waals surface area contributed by atoms with Gasteiger partial charge in [-0.1, -0.05) is 30.3 Å². The number of hydrogen-bond acceptors (Lipinski definition) is 5. The first kappa shape index (κ1) is 14.2. The van der Waals surface area contributed by atoms with Gasteiger partial charge in [0.1, 0.15) is 0 Å². The Labute approximate surface area is 116 Å². The topological polar surface area (TPSA) is 67.3 Å². The molecule has 0 radical (unpaired) electrons. The Bertz CT molecular complexity index is 635. The first-order chi connectivity index (χ1) is 8.96. The van der Waals surface area contributed by atoms with E-state index < -0.39 is 15.9 Å². The normalized spacial score (nSPS) is 13.4. The monoisotopic (exact) mass is 297 g/mol. The molecule has 0 aliphatic rings. The largest absolute Gasteiger partial charge is 0.387 e. The fourth-order valence-corrected chi connectivity index (χ4v) is 4.42. The first-order valence-electron chi connectivity index (χ1n) is 5.81. The molecule has 0 saturated heterocycles. The third-order valence-corrected chi connectivity index (χ3v) is 5.30. The molecule has 19 heavy (non-hydrogen) atoms. The molecule has 102 valence electrons. The van der Waals surface area contributed by atoms with Crippen molar-refractivity contribution in [1.82, 2.24) is 4.98 Å². The van der Waals surface area contributed by atoms with Gasteiger partial charge in [0.2, 0.25) is 0 Å². The Morgan fingerprint density at radius 3 is 2.58 bits per heavy atom. The van der Waals surface area contributed by atoms with Gasteiger partial charge < -0.3 is 5.11 Å². The molecule has 1 aromatic heterocycles. The van der Waals surface area contributed by atoms with Crippen molar-refractivity contribution in [2.75, 3.05) is 5.75 Å². The fourth-order valence-electron chi connectivity index (χ4n) is 1.76. The van der Waals surface area contributed by atoms with Crippen molar-refractivity contribution in [2.24, 2.45) is 0 Å². The maximum atomic E-state index is 12.0. The van der Waals surface area contributed by atoms with Crippen LogP contribution in [0.4, 0.5) is 0 Å². The van der Waals surface area contributed by atoms with Crippen LogP contribution in [0.15, 0.2) is 36.5 Å². The van der Waals surface area contributed by atoms with Crippen LogP contribution in [0.5, 0.6) is 0 Å². The SMILES string of the molecule is Cc1ncc(CS(=O)(=O)C[C@H](O)c2ccccc2)s1. The van der Waals surface area contributed by atoms with Crippen molar-refractivity contribution in [3.05, 3.63) is 52.0 Å². The van der Waals surface area contributed by atoms with Crippen LogP contribution in [0.2, 0.25) is 0 Å². The molecule has 2 aromatic rings. The van der Waals surface area contributed by atoms with Crippen molar-refractivity contribution in [1.29, 1.82) is 0 Å². The molecule has 0 bridgehead atoms. The summed E-state index contributed by atoms with van der Waals surface area (Å²) in [5.41, 5.74) is 0.617. The molecule has 1 N–H and O–H groups in total. The van der Waals surface area contributed by atoms with Crippen molar-refractivity contribution in [2.45, 2.75) is 18.8 Å². The molecule has 0 amide bonds. The maximum Gasteiger partial charge on any atom is 0.158 e. The molecular formula is C13H15NO3S2. The number of rotatable bonds is 5. The summed E-state index contributed by atoms with van der Waals surface area (Å²) < 4.78 is 24.0. The highest BCUT2D eigenvalue weighted by Gasteiger charge is 2.20. The summed E-state index contributed by atoms with van der Waals surface area (Å²) in [4.78, 5) is 4.74.